The van der Waals surface area contributed by atoms with E-state index >= 15 is 0 Å². The molecule has 42 valence electrons. The minimum absolute atomic E-state index is 0. The zero-order valence-corrected chi connectivity index (χ0v) is 4.99. The van der Waals surface area contributed by atoms with Crippen molar-refractivity contribution in [2.75, 3.05) is 7.05 Å². The first-order chi connectivity index (χ1) is 2.91. The first-order valence-electron chi connectivity index (χ1n) is 2.49. The zero-order chi connectivity index (χ0) is 5.41. The lowest BCUT2D eigenvalue weighted by Gasteiger charge is -1.68. The van der Waals surface area contributed by atoms with Crippen molar-refractivity contribution in [1.82, 2.24) is 0 Å². The Balaban J connectivity index is -0.0000000480. The minimum atomic E-state index is 0. The molecule has 2 N–H and O–H groups in total. The highest BCUT2D eigenvalue weighted by Gasteiger charge is 1.56. The molecule has 1 nitrogen and oxygen atoms in total. The summed E-state index contributed by atoms with van der Waals surface area (Å²) in [6, 6.07) is 0. The van der Waals surface area contributed by atoms with Crippen LogP contribution in [0.4, 0.5) is 0 Å². The van der Waals surface area contributed by atoms with Gasteiger partial charge in [0.25, 0.3) is 0 Å². The van der Waals surface area contributed by atoms with Crippen molar-refractivity contribution in [3.63, 3.8) is 0 Å². The van der Waals surface area contributed by atoms with Gasteiger partial charge in [-0.05, 0) is 7.05 Å². The molecule has 0 aromatic carbocycles. The quantitative estimate of drug-likeness (QED) is 0.521. The fourth-order valence-electron chi connectivity index (χ4n) is 0. The van der Waals surface area contributed by atoms with Crippen LogP contribution in [0.25, 0.3) is 0 Å². The summed E-state index contributed by atoms with van der Waals surface area (Å²) in [5.74, 6) is 0. The highest BCUT2D eigenvalue weighted by atomic mass is 14.4. The van der Waals surface area contributed by atoms with Gasteiger partial charge < -0.3 is 5.73 Å². The lowest BCUT2D eigenvalue weighted by atomic mass is 10.4. The van der Waals surface area contributed by atoms with E-state index < -0.39 is 0 Å². The standard InChI is InChI=1S/C4H10.CH5N.H2/c1-3-4-2;1-2;/h3-4H2,1-2H3;2H2,1H3;1H. The lowest BCUT2D eigenvalue weighted by Crippen LogP contribution is -1.69. The molecule has 0 heterocycles. The van der Waals surface area contributed by atoms with Gasteiger partial charge >= 0.3 is 0 Å². The predicted octanol–water partition coefficient (Wildman–Crippen LogP) is 1.63. The summed E-state index contributed by atoms with van der Waals surface area (Å²) in [6.45, 7) is 4.36. The van der Waals surface area contributed by atoms with Crippen molar-refractivity contribution < 1.29 is 1.43 Å². The third-order valence-corrected chi connectivity index (χ3v) is 0.500. The first-order valence-corrected chi connectivity index (χ1v) is 2.49. The van der Waals surface area contributed by atoms with E-state index in [1.165, 1.54) is 19.9 Å². The molecular formula is C5H17N. The number of hydrogen-bond acceptors (Lipinski definition) is 1. The van der Waals surface area contributed by atoms with Crippen LogP contribution in [-0.4, -0.2) is 7.05 Å². The van der Waals surface area contributed by atoms with Gasteiger partial charge in [-0.15, -0.1) is 0 Å². The van der Waals surface area contributed by atoms with E-state index in [0.29, 0.717) is 0 Å². The summed E-state index contributed by atoms with van der Waals surface area (Å²) >= 11 is 0. The maximum absolute atomic E-state index is 4.50. The molecule has 0 atom stereocenters. The average molecular weight is 91.2 g/mol. The van der Waals surface area contributed by atoms with Crippen LogP contribution >= 0.6 is 0 Å². The predicted molar refractivity (Wildman–Crippen MR) is 32.8 cm³/mol. The normalized spacial score (nSPS) is 6.00. The third-order valence-electron chi connectivity index (χ3n) is 0.500. The van der Waals surface area contributed by atoms with Crippen LogP contribution < -0.4 is 5.73 Å². The molecule has 0 saturated carbocycles. The molecule has 0 fully saturated rings. The van der Waals surface area contributed by atoms with E-state index in [-0.39, 0.29) is 1.43 Å². The average Bonchev–Trinajstić information content (AvgIpc) is 1.72. The molecule has 0 bridgehead atoms. The second-order valence-electron chi connectivity index (χ2n) is 1.000. The van der Waals surface area contributed by atoms with E-state index in [9.17, 15) is 0 Å². The Bertz CT molecular complexity index is 10.0. The van der Waals surface area contributed by atoms with Gasteiger partial charge in [-0.25, -0.2) is 0 Å². The van der Waals surface area contributed by atoms with Gasteiger partial charge in [-0.3, -0.25) is 0 Å². The van der Waals surface area contributed by atoms with E-state index in [4.69, 9.17) is 0 Å². The van der Waals surface area contributed by atoms with Crippen molar-refractivity contribution >= 4 is 0 Å². The molecule has 0 aliphatic heterocycles. The van der Waals surface area contributed by atoms with E-state index in [2.05, 4.69) is 19.6 Å². The highest BCUT2D eigenvalue weighted by Crippen LogP contribution is 1.76. The Morgan fingerprint density at radius 2 is 1.33 bits per heavy atom. The number of unbranched alkanes of at least 4 members (excludes halogenated alkanes) is 1. The molecule has 0 rings (SSSR count). The highest BCUT2D eigenvalue weighted by molar-refractivity contribution is 4.12. The van der Waals surface area contributed by atoms with Crippen molar-refractivity contribution in [3.05, 3.63) is 0 Å². The molecule has 0 aliphatic rings. The monoisotopic (exact) mass is 91.1 g/mol. The first kappa shape index (κ1) is 9.35. The maximum atomic E-state index is 4.50. The third kappa shape index (κ3) is 37.6. The van der Waals surface area contributed by atoms with Crippen LogP contribution in [0.15, 0.2) is 0 Å². The van der Waals surface area contributed by atoms with Crippen molar-refractivity contribution in [3.8, 4) is 0 Å². The molecule has 0 aromatic rings. The summed E-state index contributed by atoms with van der Waals surface area (Å²) in [5.41, 5.74) is 4.50. The largest absolute Gasteiger partial charge is 0.333 e. The molecule has 1 heteroatoms. The van der Waals surface area contributed by atoms with Gasteiger partial charge in [0.1, 0.15) is 0 Å². The Kier molecular flexibility index (Phi) is 31.6. The number of nitrogens with two attached hydrogens (primary N) is 1. The molecule has 6 heavy (non-hydrogen) atoms. The second-order valence-corrected chi connectivity index (χ2v) is 1.000. The van der Waals surface area contributed by atoms with E-state index in [1.54, 1.807) is 0 Å². The second kappa shape index (κ2) is 20.2. The summed E-state index contributed by atoms with van der Waals surface area (Å²) in [6.07, 6.45) is 2.64. The van der Waals surface area contributed by atoms with Crippen molar-refractivity contribution in [1.29, 1.82) is 0 Å². The summed E-state index contributed by atoms with van der Waals surface area (Å²) < 4.78 is 0. The van der Waals surface area contributed by atoms with Crippen LogP contribution in [0, 0.1) is 0 Å². The molecule has 0 aliphatic carbocycles. The molecular weight excluding hydrogens is 74.1 g/mol. The van der Waals surface area contributed by atoms with E-state index in [0.717, 1.165) is 0 Å². The lowest BCUT2D eigenvalue weighted by molar-refractivity contribution is 0.886. The number of rotatable bonds is 1. The van der Waals surface area contributed by atoms with Crippen molar-refractivity contribution in [2.24, 2.45) is 5.73 Å². The number of hydrogen-bond donors (Lipinski definition) is 1. The van der Waals surface area contributed by atoms with Gasteiger partial charge in [-0.2, -0.15) is 0 Å². The van der Waals surface area contributed by atoms with Gasteiger partial charge in [0.2, 0.25) is 0 Å². The Morgan fingerprint density at radius 3 is 1.33 bits per heavy atom. The SMILES string of the molecule is CCCC.CN.[HH]. The summed E-state index contributed by atoms with van der Waals surface area (Å²) in [7, 11) is 1.50. The smallest absolute Gasteiger partial charge is 0 e. The molecule has 0 unspecified atom stereocenters. The van der Waals surface area contributed by atoms with Gasteiger partial charge in [0, 0.05) is 1.43 Å². The molecule has 0 aromatic heterocycles. The van der Waals surface area contributed by atoms with Crippen LogP contribution in [0.5, 0.6) is 0 Å². The minimum Gasteiger partial charge on any atom is -0.333 e. The maximum Gasteiger partial charge on any atom is 0 e. The van der Waals surface area contributed by atoms with Gasteiger partial charge in [0.05, 0.1) is 0 Å². The Morgan fingerprint density at radius 1 is 1.17 bits per heavy atom. The fourth-order valence-corrected chi connectivity index (χ4v) is 0. The Hall–Kier alpha value is -0.0400. The Labute approximate surface area is 42.0 Å². The molecule has 0 spiro atoms. The van der Waals surface area contributed by atoms with Crippen LogP contribution in [0.1, 0.15) is 28.1 Å². The van der Waals surface area contributed by atoms with Gasteiger partial charge in [0.15, 0.2) is 0 Å². The zero-order valence-electron chi connectivity index (χ0n) is 4.99. The van der Waals surface area contributed by atoms with Crippen LogP contribution in [0.2, 0.25) is 0 Å². The topological polar surface area (TPSA) is 26.0 Å². The van der Waals surface area contributed by atoms with Crippen LogP contribution in [-0.2, 0) is 0 Å². The molecule has 0 saturated heterocycles. The summed E-state index contributed by atoms with van der Waals surface area (Å²) in [5, 5.41) is 0. The van der Waals surface area contributed by atoms with E-state index in [1.807, 2.05) is 0 Å². The van der Waals surface area contributed by atoms with Crippen LogP contribution in [0.3, 0.4) is 0 Å². The molecule has 0 radical (unpaired) electrons. The van der Waals surface area contributed by atoms with Gasteiger partial charge in [-0.1, -0.05) is 26.7 Å². The fraction of sp³-hybridized carbons (Fsp3) is 1.00. The summed E-state index contributed by atoms with van der Waals surface area (Å²) in [4.78, 5) is 0. The van der Waals surface area contributed by atoms with Crippen molar-refractivity contribution in [2.45, 2.75) is 26.7 Å². The molecule has 0 amide bonds.